The van der Waals surface area contributed by atoms with E-state index in [1.54, 1.807) is 36.4 Å². The number of anilines is 1. The molecule has 2 amide bonds. The van der Waals surface area contributed by atoms with Gasteiger partial charge in [0.15, 0.2) is 0 Å². The molecule has 7 nitrogen and oxygen atoms in total. The van der Waals surface area contributed by atoms with Crippen LogP contribution in [0.3, 0.4) is 0 Å². The van der Waals surface area contributed by atoms with Crippen molar-refractivity contribution in [2.45, 2.75) is 23.7 Å². The first kappa shape index (κ1) is 17.3. The normalized spacial score (nSPS) is 17.7. The van der Waals surface area contributed by atoms with Crippen LogP contribution in [0.4, 0.5) is 5.69 Å². The topological polar surface area (TPSA) is 105 Å². The second-order valence-corrected chi connectivity index (χ2v) is 8.01. The van der Waals surface area contributed by atoms with Gasteiger partial charge in [-0.25, -0.2) is 8.42 Å². The highest BCUT2D eigenvalue weighted by molar-refractivity contribution is 7.92. The van der Waals surface area contributed by atoms with E-state index in [0.29, 0.717) is 28.6 Å². The number of carbonyl (C=O) groups excluding carboxylic acids is 2. The Morgan fingerprint density at radius 2 is 1.85 bits per heavy atom. The summed E-state index contributed by atoms with van der Waals surface area (Å²) in [4.78, 5) is 23.6. The molecular formula is C19H16N2O5S. The van der Waals surface area contributed by atoms with E-state index >= 15 is 0 Å². The number of furan rings is 1. The molecule has 1 aliphatic heterocycles. The lowest BCUT2D eigenvalue weighted by Crippen LogP contribution is -2.39. The molecule has 1 atom stereocenters. The third-order valence-electron chi connectivity index (χ3n) is 4.53. The van der Waals surface area contributed by atoms with Gasteiger partial charge in [0.2, 0.25) is 11.8 Å². The summed E-state index contributed by atoms with van der Waals surface area (Å²) in [5.74, 6) is -1.26. The van der Waals surface area contributed by atoms with E-state index in [1.165, 1.54) is 18.4 Å². The van der Waals surface area contributed by atoms with Crippen LogP contribution in [0.2, 0.25) is 0 Å². The van der Waals surface area contributed by atoms with Gasteiger partial charge in [0, 0.05) is 23.1 Å². The quantitative estimate of drug-likeness (QED) is 0.673. The number of sulfonamides is 1. The van der Waals surface area contributed by atoms with Crippen molar-refractivity contribution in [1.82, 2.24) is 5.32 Å². The van der Waals surface area contributed by atoms with Crippen molar-refractivity contribution < 1.29 is 22.4 Å². The molecule has 4 rings (SSSR count). The molecule has 0 saturated carbocycles. The van der Waals surface area contributed by atoms with Gasteiger partial charge in [0.05, 0.1) is 17.1 Å². The molecule has 3 aromatic rings. The van der Waals surface area contributed by atoms with Crippen LogP contribution in [-0.2, 0) is 19.6 Å². The minimum absolute atomic E-state index is 0.0637. The van der Waals surface area contributed by atoms with Crippen molar-refractivity contribution in [3.8, 4) is 0 Å². The van der Waals surface area contributed by atoms with Gasteiger partial charge in [-0.1, -0.05) is 18.2 Å². The zero-order chi connectivity index (χ0) is 19.0. The highest BCUT2D eigenvalue weighted by Gasteiger charge is 2.30. The van der Waals surface area contributed by atoms with Crippen molar-refractivity contribution in [1.29, 1.82) is 0 Å². The number of imide groups is 1. The van der Waals surface area contributed by atoms with Crippen molar-refractivity contribution in [3.63, 3.8) is 0 Å². The van der Waals surface area contributed by atoms with Gasteiger partial charge in [0.25, 0.3) is 10.0 Å². The number of amides is 2. The van der Waals surface area contributed by atoms with Gasteiger partial charge in [-0.15, -0.1) is 0 Å². The molecule has 1 saturated heterocycles. The molecule has 2 aromatic carbocycles. The molecule has 1 unspecified atom stereocenters. The predicted molar refractivity (Wildman–Crippen MR) is 98.6 cm³/mol. The first-order chi connectivity index (χ1) is 12.9. The van der Waals surface area contributed by atoms with E-state index in [9.17, 15) is 18.0 Å². The van der Waals surface area contributed by atoms with Gasteiger partial charge >= 0.3 is 0 Å². The highest BCUT2D eigenvalue weighted by Crippen LogP contribution is 2.34. The van der Waals surface area contributed by atoms with E-state index in [4.69, 9.17) is 4.42 Å². The summed E-state index contributed by atoms with van der Waals surface area (Å²) < 4.78 is 33.4. The molecule has 1 aliphatic rings. The van der Waals surface area contributed by atoms with Crippen LogP contribution >= 0.6 is 0 Å². The number of nitrogens with one attached hydrogen (secondary N) is 2. The fourth-order valence-electron chi connectivity index (χ4n) is 3.18. The fourth-order valence-corrected chi connectivity index (χ4v) is 4.26. The third kappa shape index (κ3) is 3.31. The summed E-state index contributed by atoms with van der Waals surface area (Å²) in [6.45, 7) is 0. The summed E-state index contributed by atoms with van der Waals surface area (Å²) in [5, 5.41) is 2.85. The fraction of sp³-hybridized carbons (Fsp3) is 0.158. The second kappa shape index (κ2) is 6.55. The minimum atomic E-state index is -3.80. The summed E-state index contributed by atoms with van der Waals surface area (Å²) in [6, 6.07) is 13.1. The smallest absolute Gasteiger partial charge is 0.261 e. The molecule has 0 spiro atoms. The molecule has 1 aromatic heterocycles. The number of piperidine rings is 1. The van der Waals surface area contributed by atoms with E-state index in [0.717, 1.165) is 0 Å². The molecule has 0 bridgehead atoms. The largest absolute Gasteiger partial charge is 0.464 e. The van der Waals surface area contributed by atoms with Crippen LogP contribution in [0.5, 0.6) is 0 Å². The Labute approximate surface area is 155 Å². The molecular weight excluding hydrogens is 368 g/mol. The number of fused-ring (bicyclic) bond motifs is 1. The summed E-state index contributed by atoms with van der Waals surface area (Å²) in [6.07, 6.45) is 2.04. The lowest BCUT2D eigenvalue weighted by Gasteiger charge is -2.19. The van der Waals surface area contributed by atoms with E-state index in [1.807, 2.05) is 0 Å². The zero-order valence-corrected chi connectivity index (χ0v) is 15.0. The molecule has 2 N–H and O–H groups in total. The van der Waals surface area contributed by atoms with Crippen molar-refractivity contribution in [2.24, 2.45) is 0 Å². The molecule has 138 valence electrons. The van der Waals surface area contributed by atoms with E-state index in [-0.39, 0.29) is 17.2 Å². The standard InChI is InChI=1S/C19H16N2O5S/c22-18-9-7-14(19(23)20-18)16-11-26-17-8-6-13(10-15(16)17)27(24,25)21-12-4-2-1-3-5-12/h1-6,8,10-11,14,21H,7,9H2,(H,20,22,23). The maximum Gasteiger partial charge on any atom is 0.261 e. The van der Waals surface area contributed by atoms with Gasteiger partial charge in [-0.05, 0) is 36.8 Å². The summed E-state index contributed by atoms with van der Waals surface area (Å²) in [7, 11) is -3.80. The molecule has 0 radical (unpaired) electrons. The predicted octanol–water partition coefficient (Wildman–Crippen LogP) is 2.75. The molecule has 2 heterocycles. The number of hydrogen-bond donors (Lipinski definition) is 2. The molecule has 1 fully saturated rings. The maximum atomic E-state index is 12.7. The van der Waals surface area contributed by atoms with Crippen molar-refractivity contribution in [3.05, 3.63) is 60.4 Å². The number of carbonyl (C=O) groups is 2. The van der Waals surface area contributed by atoms with E-state index in [2.05, 4.69) is 10.0 Å². The van der Waals surface area contributed by atoms with Crippen molar-refractivity contribution >= 4 is 38.5 Å². The van der Waals surface area contributed by atoms with Gasteiger partial charge in [-0.2, -0.15) is 0 Å². The van der Waals surface area contributed by atoms with Crippen LogP contribution in [0.1, 0.15) is 24.3 Å². The Morgan fingerprint density at radius 1 is 1.07 bits per heavy atom. The van der Waals surface area contributed by atoms with Crippen LogP contribution in [0.15, 0.2) is 64.1 Å². The van der Waals surface area contributed by atoms with Gasteiger partial charge < -0.3 is 4.42 Å². The minimum Gasteiger partial charge on any atom is -0.464 e. The van der Waals surface area contributed by atoms with Crippen LogP contribution < -0.4 is 10.0 Å². The third-order valence-corrected chi connectivity index (χ3v) is 5.90. The number of benzene rings is 2. The molecule has 0 aliphatic carbocycles. The summed E-state index contributed by atoms with van der Waals surface area (Å²) in [5.41, 5.74) is 1.51. The molecule has 8 heteroatoms. The molecule has 27 heavy (non-hydrogen) atoms. The Kier molecular flexibility index (Phi) is 4.19. The lowest BCUT2D eigenvalue weighted by atomic mass is 9.90. The van der Waals surface area contributed by atoms with E-state index < -0.39 is 21.8 Å². The second-order valence-electron chi connectivity index (χ2n) is 6.32. The Hall–Kier alpha value is -3.13. The monoisotopic (exact) mass is 384 g/mol. The summed E-state index contributed by atoms with van der Waals surface area (Å²) >= 11 is 0. The number of para-hydroxylation sites is 1. The Bertz CT molecular complexity index is 1140. The first-order valence-electron chi connectivity index (χ1n) is 8.37. The maximum absolute atomic E-state index is 12.7. The van der Waals surface area contributed by atoms with Crippen LogP contribution in [-0.4, -0.2) is 20.2 Å². The average molecular weight is 384 g/mol. The lowest BCUT2D eigenvalue weighted by molar-refractivity contribution is -0.134. The van der Waals surface area contributed by atoms with Crippen LogP contribution in [0, 0.1) is 0 Å². The average Bonchev–Trinajstić information content (AvgIpc) is 3.05. The van der Waals surface area contributed by atoms with Crippen LogP contribution in [0.25, 0.3) is 11.0 Å². The zero-order valence-electron chi connectivity index (χ0n) is 14.1. The van der Waals surface area contributed by atoms with Gasteiger partial charge in [-0.3, -0.25) is 19.6 Å². The highest BCUT2D eigenvalue weighted by atomic mass is 32.2. The van der Waals surface area contributed by atoms with Crippen molar-refractivity contribution in [2.75, 3.05) is 4.72 Å². The number of rotatable bonds is 4. The Balaban J connectivity index is 1.72. The Morgan fingerprint density at radius 3 is 2.59 bits per heavy atom. The number of hydrogen-bond acceptors (Lipinski definition) is 5. The SMILES string of the molecule is O=C1CCC(c2coc3ccc(S(=O)(=O)Nc4ccccc4)cc23)C(=O)N1. The first-order valence-corrected chi connectivity index (χ1v) is 9.85. The van der Waals surface area contributed by atoms with Gasteiger partial charge in [0.1, 0.15) is 5.58 Å².